The topological polar surface area (TPSA) is 52.0 Å². The van der Waals surface area contributed by atoms with Crippen molar-refractivity contribution in [3.05, 3.63) is 7.43 Å². The maximum absolute atomic E-state index is 4.90. The van der Waals surface area contributed by atoms with Gasteiger partial charge in [0.2, 0.25) is 0 Å². The minimum Gasteiger partial charge on any atom is -0.329 e. The molecule has 0 aliphatic heterocycles. The molecule has 0 heterocycles. The molecular formula is C3H8N2. The highest BCUT2D eigenvalue weighted by molar-refractivity contribution is 4.26. The predicted octanol–water partition coefficient (Wildman–Crippen LogP) is -1.01. The van der Waals surface area contributed by atoms with Gasteiger partial charge in [-0.15, -0.1) is 0 Å². The van der Waals surface area contributed by atoms with E-state index in [9.17, 15) is 0 Å². The Kier molecular flexibility index (Phi) is 16.1. The highest BCUT2D eigenvalue weighted by Crippen LogP contribution is 1.24. The third kappa shape index (κ3) is 17.1. The average Bonchev–Trinajstić information content (AvgIpc) is 1.37. The van der Waals surface area contributed by atoms with Gasteiger partial charge in [0.15, 0.2) is 0 Å². The van der Waals surface area contributed by atoms with Crippen molar-refractivity contribution in [3.63, 3.8) is 0 Å². The van der Waals surface area contributed by atoms with Crippen LogP contribution in [0, 0.1) is 7.43 Å². The third-order valence-corrected chi connectivity index (χ3v) is 0.167. The maximum Gasteiger partial charge on any atom is 0.00461 e. The van der Waals surface area contributed by atoms with Crippen LogP contribution in [0.3, 0.4) is 0 Å². The van der Waals surface area contributed by atoms with E-state index in [1.165, 1.54) is 0 Å². The largest absolute Gasteiger partial charge is 0.329 e. The Morgan fingerprint density at radius 3 is 1.20 bits per heavy atom. The number of hydrogen-bond donors (Lipinski definition) is 2. The molecule has 5 heavy (non-hydrogen) atoms. The van der Waals surface area contributed by atoms with Gasteiger partial charge in [0.1, 0.15) is 0 Å². The zero-order valence-electron chi connectivity index (χ0n) is 3.07. The van der Waals surface area contributed by atoms with Crippen LogP contribution in [-0.4, -0.2) is 13.1 Å². The Morgan fingerprint density at radius 2 is 1.20 bits per heavy atom. The lowest BCUT2D eigenvalue weighted by atomic mass is 10.7. The van der Waals surface area contributed by atoms with Crippen LogP contribution >= 0.6 is 0 Å². The second kappa shape index (κ2) is 9.07. The van der Waals surface area contributed by atoms with Gasteiger partial charge in [-0.05, 0) is 0 Å². The van der Waals surface area contributed by atoms with Gasteiger partial charge in [-0.1, -0.05) is 0 Å². The monoisotopic (exact) mass is 72.1 g/mol. The van der Waals surface area contributed by atoms with E-state index in [2.05, 4.69) is 0 Å². The van der Waals surface area contributed by atoms with E-state index in [4.69, 9.17) is 11.5 Å². The first kappa shape index (κ1) is 8.87. The third-order valence-electron chi connectivity index (χ3n) is 0.167. The van der Waals surface area contributed by atoms with Gasteiger partial charge >= 0.3 is 0 Å². The van der Waals surface area contributed by atoms with Gasteiger partial charge < -0.3 is 11.5 Å². The summed E-state index contributed by atoms with van der Waals surface area (Å²) in [5, 5.41) is 0. The van der Waals surface area contributed by atoms with Gasteiger partial charge in [-0.25, -0.2) is 0 Å². The van der Waals surface area contributed by atoms with Gasteiger partial charge in [0.25, 0.3) is 0 Å². The molecule has 0 saturated heterocycles. The summed E-state index contributed by atoms with van der Waals surface area (Å²) in [6.07, 6.45) is 0. The van der Waals surface area contributed by atoms with Crippen molar-refractivity contribution in [2.75, 3.05) is 13.1 Å². The molecule has 0 atom stereocenters. The molecule has 2 heteroatoms. The van der Waals surface area contributed by atoms with Crippen molar-refractivity contribution >= 4 is 0 Å². The van der Waals surface area contributed by atoms with Crippen molar-refractivity contribution in [1.29, 1.82) is 0 Å². The molecule has 0 rings (SSSR count). The quantitative estimate of drug-likeness (QED) is 0.417. The standard InChI is InChI=1S/C2H8N2.C/c3-1-2-4;/h1-4H2;. The molecule has 30 valence electrons. The zero-order valence-corrected chi connectivity index (χ0v) is 3.07. The molecule has 0 fully saturated rings. The van der Waals surface area contributed by atoms with Crippen LogP contribution in [0.5, 0.6) is 0 Å². The molecule has 4 radical (unpaired) electrons. The first-order valence-corrected chi connectivity index (χ1v) is 1.32. The molecule has 0 bridgehead atoms. The maximum atomic E-state index is 4.90. The molecule has 0 aliphatic carbocycles. The summed E-state index contributed by atoms with van der Waals surface area (Å²) in [5.41, 5.74) is 9.81. The van der Waals surface area contributed by atoms with Crippen LogP contribution in [0.15, 0.2) is 0 Å². The van der Waals surface area contributed by atoms with Crippen molar-refractivity contribution in [3.8, 4) is 0 Å². The van der Waals surface area contributed by atoms with E-state index >= 15 is 0 Å². The van der Waals surface area contributed by atoms with Crippen molar-refractivity contribution in [1.82, 2.24) is 0 Å². The van der Waals surface area contributed by atoms with Gasteiger partial charge in [0.05, 0.1) is 0 Å². The zero-order chi connectivity index (χ0) is 3.41. The molecule has 2 nitrogen and oxygen atoms in total. The predicted molar refractivity (Wildman–Crippen MR) is 21.4 cm³/mol. The van der Waals surface area contributed by atoms with Crippen LogP contribution in [-0.2, 0) is 0 Å². The summed E-state index contributed by atoms with van der Waals surface area (Å²) in [6, 6.07) is 0. The number of hydrogen-bond acceptors (Lipinski definition) is 2. The molecule has 0 amide bonds. The van der Waals surface area contributed by atoms with E-state index in [-0.39, 0.29) is 7.43 Å². The first-order valence-electron chi connectivity index (χ1n) is 1.32. The Balaban J connectivity index is 0. The molecule has 0 saturated carbocycles. The van der Waals surface area contributed by atoms with E-state index in [0.717, 1.165) is 0 Å². The van der Waals surface area contributed by atoms with Crippen molar-refractivity contribution in [2.45, 2.75) is 0 Å². The van der Waals surface area contributed by atoms with Crippen molar-refractivity contribution in [2.24, 2.45) is 11.5 Å². The molecule has 0 aromatic heterocycles. The Bertz CT molecular complexity index is 6.85. The Hall–Kier alpha value is -0.0800. The first-order chi connectivity index (χ1) is 1.91. The fraction of sp³-hybridized carbons (Fsp3) is 0.667. The minimum absolute atomic E-state index is 0. The summed E-state index contributed by atoms with van der Waals surface area (Å²) in [7, 11) is 0. The van der Waals surface area contributed by atoms with Gasteiger partial charge in [-0.2, -0.15) is 0 Å². The van der Waals surface area contributed by atoms with Gasteiger partial charge in [0, 0.05) is 20.5 Å². The summed E-state index contributed by atoms with van der Waals surface area (Å²) in [6.45, 7) is 1.19. The lowest BCUT2D eigenvalue weighted by Gasteiger charge is -1.72. The lowest BCUT2D eigenvalue weighted by molar-refractivity contribution is 0.976. The number of rotatable bonds is 1. The highest BCUT2D eigenvalue weighted by atomic mass is 14.6. The van der Waals surface area contributed by atoms with Crippen LogP contribution in [0.2, 0.25) is 0 Å². The van der Waals surface area contributed by atoms with Crippen LogP contribution in [0.25, 0.3) is 0 Å². The van der Waals surface area contributed by atoms with Crippen LogP contribution in [0.1, 0.15) is 0 Å². The Morgan fingerprint density at radius 1 is 1.00 bits per heavy atom. The fourth-order valence-corrected chi connectivity index (χ4v) is 0. The van der Waals surface area contributed by atoms with E-state index in [1.807, 2.05) is 0 Å². The molecule has 0 aromatic rings. The number of nitrogens with two attached hydrogens (primary N) is 2. The van der Waals surface area contributed by atoms with E-state index in [0.29, 0.717) is 13.1 Å². The summed E-state index contributed by atoms with van der Waals surface area (Å²) in [4.78, 5) is 0. The minimum atomic E-state index is 0. The fourth-order valence-electron chi connectivity index (χ4n) is 0. The molecule has 0 spiro atoms. The molecular weight excluding hydrogens is 64.0 g/mol. The van der Waals surface area contributed by atoms with Gasteiger partial charge in [-0.3, -0.25) is 0 Å². The smallest absolute Gasteiger partial charge is 0.00461 e. The normalized spacial score (nSPS) is 6.00. The van der Waals surface area contributed by atoms with Crippen LogP contribution < -0.4 is 11.5 Å². The lowest BCUT2D eigenvalue weighted by Crippen LogP contribution is -2.11. The molecule has 4 N–H and O–H groups in total. The molecule has 0 aromatic carbocycles. The van der Waals surface area contributed by atoms with Crippen molar-refractivity contribution < 1.29 is 0 Å². The van der Waals surface area contributed by atoms with Crippen LogP contribution in [0.4, 0.5) is 0 Å². The van der Waals surface area contributed by atoms with E-state index in [1.54, 1.807) is 0 Å². The second-order valence-electron chi connectivity index (χ2n) is 0.577. The summed E-state index contributed by atoms with van der Waals surface area (Å²) < 4.78 is 0. The Labute approximate surface area is 33.2 Å². The SMILES string of the molecule is NCCN.[C]. The van der Waals surface area contributed by atoms with E-state index < -0.39 is 0 Å². The average molecular weight is 72.1 g/mol. The second-order valence-corrected chi connectivity index (χ2v) is 0.577. The molecule has 0 aliphatic rings. The summed E-state index contributed by atoms with van der Waals surface area (Å²) in [5.74, 6) is 0. The molecule has 0 unspecified atom stereocenters. The highest BCUT2D eigenvalue weighted by Gasteiger charge is 1.54. The summed E-state index contributed by atoms with van der Waals surface area (Å²) >= 11 is 0.